The van der Waals surface area contributed by atoms with Crippen LogP contribution >= 0.6 is 0 Å². The van der Waals surface area contributed by atoms with Gasteiger partial charge in [-0.1, -0.05) is 12.1 Å². The molecule has 1 saturated heterocycles. The largest absolute Gasteiger partial charge is 0.347 e. The van der Waals surface area contributed by atoms with Crippen LogP contribution in [-0.4, -0.2) is 54.5 Å². The number of piperidine rings is 1. The average molecular weight is 409 g/mol. The second kappa shape index (κ2) is 7.51. The maximum absolute atomic E-state index is 13.1. The van der Waals surface area contributed by atoms with Crippen molar-refractivity contribution in [3.63, 3.8) is 0 Å². The summed E-state index contributed by atoms with van der Waals surface area (Å²) in [6.07, 6.45) is 5.66. The maximum Gasteiger partial charge on any atom is 0.274 e. The van der Waals surface area contributed by atoms with Crippen molar-refractivity contribution < 1.29 is 14.1 Å². The molecule has 0 spiro atoms. The van der Waals surface area contributed by atoms with Crippen LogP contribution in [0.3, 0.4) is 0 Å². The van der Waals surface area contributed by atoms with Crippen molar-refractivity contribution in [1.29, 1.82) is 0 Å². The van der Waals surface area contributed by atoms with Crippen LogP contribution in [0.2, 0.25) is 0 Å². The molecule has 0 bridgehead atoms. The summed E-state index contributed by atoms with van der Waals surface area (Å²) in [4.78, 5) is 36.0. The molecular weight excluding hydrogens is 386 g/mol. The number of hydrogen-bond acceptors (Lipinski definition) is 7. The number of aryl methyl sites for hydroxylation is 1. The molecule has 1 N–H and O–H groups in total. The number of carbonyl (C=O) groups is 2. The molecule has 1 aliphatic carbocycles. The van der Waals surface area contributed by atoms with E-state index in [2.05, 4.69) is 25.5 Å². The Bertz CT molecular complexity index is 1090. The number of rotatable bonds is 5. The number of amides is 2. The Kier molecular flexibility index (Phi) is 4.68. The first kappa shape index (κ1) is 18.7. The van der Waals surface area contributed by atoms with Crippen LogP contribution in [0.25, 0.3) is 5.65 Å². The van der Waals surface area contributed by atoms with E-state index in [1.165, 1.54) is 0 Å². The van der Waals surface area contributed by atoms with Crippen molar-refractivity contribution in [1.82, 2.24) is 35.0 Å². The molecule has 5 rings (SSSR count). The van der Waals surface area contributed by atoms with E-state index in [1.807, 2.05) is 17.9 Å². The summed E-state index contributed by atoms with van der Waals surface area (Å²) in [5, 5.41) is 11.0. The molecule has 1 saturated carbocycles. The fraction of sp³-hybridized carbons (Fsp3) is 0.500. The SMILES string of the molecule is CCc1noc(CNC(=O)[C@@H]2C[C@H]3CCN(C(=O)c4cnc5cccnn45)C[C@H]32)n1. The van der Waals surface area contributed by atoms with Crippen molar-refractivity contribution in [2.45, 2.75) is 32.7 Å². The molecule has 0 radical (unpaired) electrons. The summed E-state index contributed by atoms with van der Waals surface area (Å²) >= 11 is 0. The molecule has 0 unspecified atom stereocenters. The minimum atomic E-state index is -0.0977. The number of likely N-dealkylation sites (tertiary alicyclic amines) is 1. The van der Waals surface area contributed by atoms with Gasteiger partial charge in [-0.2, -0.15) is 10.1 Å². The zero-order valence-electron chi connectivity index (χ0n) is 16.7. The summed E-state index contributed by atoms with van der Waals surface area (Å²) in [6.45, 7) is 3.44. The van der Waals surface area contributed by atoms with Gasteiger partial charge in [-0.15, -0.1) is 0 Å². The van der Waals surface area contributed by atoms with Gasteiger partial charge >= 0.3 is 0 Å². The lowest BCUT2D eigenvalue weighted by Gasteiger charge is -2.50. The minimum Gasteiger partial charge on any atom is -0.347 e. The van der Waals surface area contributed by atoms with Crippen molar-refractivity contribution in [3.8, 4) is 0 Å². The number of hydrogen-bond donors (Lipinski definition) is 1. The second-order valence-electron chi connectivity index (χ2n) is 7.92. The van der Waals surface area contributed by atoms with E-state index in [-0.39, 0.29) is 30.2 Å². The van der Waals surface area contributed by atoms with Gasteiger partial charge in [0.15, 0.2) is 17.2 Å². The minimum absolute atomic E-state index is 0.0155. The van der Waals surface area contributed by atoms with Crippen LogP contribution in [0.15, 0.2) is 29.0 Å². The predicted octanol–water partition coefficient (Wildman–Crippen LogP) is 1.09. The Hall–Kier alpha value is -3.30. The highest BCUT2D eigenvalue weighted by Gasteiger charge is 2.48. The van der Waals surface area contributed by atoms with E-state index in [1.54, 1.807) is 23.0 Å². The third-order valence-electron chi connectivity index (χ3n) is 6.24. The highest BCUT2D eigenvalue weighted by atomic mass is 16.5. The van der Waals surface area contributed by atoms with Crippen LogP contribution in [0, 0.1) is 17.8 Å². The maximum atomic E-state index is 13.1. The van der Waals surface area contributed by atoms with Crippen LogP contribution in [-0.2, 0) is 17.8 Å². The van der Waals surface area contributed by atoms with Crippen molar-refractivity contribution in [3.05, 3.63) is 41.9 Å². The molecule has 2 amide bonds. The first-order chi connectivity index (χ1) is 14.6. The van der Waals surface area contributed by atoms with E-state index in [0.717, 1.165) is 12.8 Å². The monoisotopic (exact) mass is 409 g/mol. The fourth-order valence-corrected chi connectivity index (χ4v) is 4.51. The van der Waals surface area contributed by atoms with E-state index in [0.29, 0.717) is 48.5 Å². The third kappa shape index (κ3) is 3.21. The average Bonchev–Trinajstić information content (AvgIpc) is 3.39. The normalized spacial score (nSPS) is 23.1. The van der Waals surface area contributed by atoms with Crippen molar-refractivity contribution in [2.75, 3.05) is 13.1 Å². The number of carbonyl (C=O) groups excluding carboxylic acids is 2. The van der Waals surface area contributed by atoms with E-state index in [4.69, 9.17) is 4.52 Å². The summed E-state index contributed by atoms with van der Waals surface area (Å²) in [6, 6.07) is 3.60. The Morgan fingerprint density at radius 2 is 2.27 bits per heavy atom. The van der Waals surface area contributed by atoms with Gasteiger partial charge in [-0.05, 0) is 36.8 Å². The quantitative estimate of drug-likeness (QED) is 0.670. The van der Waals surface area contributed by atoms with Gasteiger partial charge in [0.05, 0.1) is 12.7 Å². The molecule has 10 heteroatoms. The van der Waals surface area contributed by atoms with Crippen LogP contribution < -0.4 is 5.32 Å². The molecule has 2 fully saturated rings. The molecule has 3 aromatic heterocycles. The predicted molar refractivity (Wildman–Crippen MR) is 104 cm³/mol. The van der Waals surface area contributed by atoms with Gasteiger partial charge in [0.2, 0.25) is 11.8 Å². The molecule has 4 heterocycles. The Balaban J connectivity index is 1.22. The molecule has 156 valence electrons. The number of imidazole rings is 1. The molecule has 2 aliphatic rings. The van der Waals surface area contributed by atoms with Crippen LogP contribution in [0.4, 0.5) is 0 Å². The van der Waals surface area contributed by atoms with E-state index >= 15 is 0 Å². The zero-order chi connectivity index (χ0) is 20.7. The Morgan fingerprint density at radius 3 is 3.10 bits per heavy atom. The number of aromatic nitrogens is 5. The summed E-state index contributed by atoms with van der Waals surface area (Å²) in [5.74, 6) is 1.49. The van der Waals surface area contributed by atoms with Crippen molar-refractivity contribution in [2.24, 2.45) is 17.8 Å². The standard InChI is InChI=1S/C20H23N7O3/c1-2-16-24-18(30-25-16)10-22-19(28)13-8-12-5-7-26(11-14(12)13)20(29)15-9-21-17-4-3-6-23-27(15)17/h3-4,6,9,12-14H,2,5,7-8,10-11H2,1H3,(H,22,28)/t12-,13-,14-/m1/s1. The van der Waals surface area contributed by atoms with Gasteiger partial charge < -0.3 is 14.7 Å². The smallest absolute Gasteiger partial charge is 0.274 e. The topological polar surface area (TPSA) is 119 Å². The highest BCUT2D eigenvalue weighted by molar-refractivity contribution is 5.93. The lowest BCUT2D eigenvalue weighted by molar-refractivity contribution is -0.136. The van der Waals surface area contributed by atoms with Gasteiger partial charge in [0.1, 0.15) is 0 Å². The van der Waals surface area contributed by atoms with Gasteiger partial charge in [-0.3, -0.25) is 9.59 Å². The molecule has 3 aromatic rings. The van der Waals surface area contributed by atoms with Gasteiger partial charge in [-0.25, -0.2) is 9.50 Å². The molecule has 30 heavy (non-hydrogen) atoms. The fourth-order valence-electron chi connectivity index (χ4n) is 4.51. The van der Waals surface area contributed by atoms with Gasteiger partial charge in [0, 0.05) is 31.6 Å². The van der Waals surface area contributed by atoms with Crippen LogP contribution in [0.1, 0.15) is 42.0 Å². The number of nitrogens with one attached hydrogen (secondary N) is 1. The third-order valence-corrected chi connectivity index (χ3v) is 6.24. The highest BCUT2D eigenvalue weighted by Crippen LogP contribution is 2.45. The molecule has 3 atom stereocenters. The zero-order valence-corrected chi connectivity index (χ0v) is 16.7. The van der Waals surface area contributed by atoms with Crippen molar-refractivity contribution >= 4 is 17.5 Å². The summed E-state index contributed by atoms with van der Waals surface area (Å²) < 4.78 is 6.69. The number of nitrogens with zero attached hydrogens (tertiary/aromatic N) is 6. The molecule has 0 aromatic carbocycles. The lowest BCUT2D eigenvalue weighted by atomic mass is 9.61. The van der Waals surface area contributed by atoms with E-state index < -0.39 is 0 Å². The molecule has 1 aliphatic heterocycles. The Morgan fingerprint density at radius 1 is 1.37 bits per heavy atom. The van der Waals surface area contributed by atoms with Gasteiger partial charge in [0.25, 0.3) is 5.91 Å². The molecule has 10 nitrogen and oxygen atoms in total. The first-order valence-corrected chi connectivity index (χ1v) is 10.3. The number of fused-ring (bicyclic) bond motifs is 2. The Labute approximate surface area is 172 Å². The lowest BCUT2D eigenvalue weighted by Crippen LogP contribution is -2.56. The summed E-state index contributed by atoms with van der Waals surface area (Å²) in [7, 11) is 0. The second-order valence-corrected chi connectivity index (χ2v) is 7.92. The van der Waals surface area contributed by atoms with E-state index in [9.17, 15) is 9.59 Å². The molecular formula is C20H23N7O3. The summed E-state index contributed by atoms with van der Waals surface area (Å²) in [5.41, 5.74) is 1.09. The first-order valence-electron chi connectivity index (χ1n) is 10.3. The van der Waals surface area contributed by atoms with Crippen LogP contribution in [0.5, 0.6) is 0 Å².